The molecule has 2 saturated heterocycles. The smallest absolute Gasteiger partial charge is 0.413 e. The number of aromatic nitrogens is 1. The number of halogens is 1. The summed E-state index contributed by atoms with van der Waals surface area (Å²) in [4.78, 5) is 46.4. The van der Waals surface area contributed by atoms with Crippen LogP contribution in [-0.4, -0.2) is 70.3 Å². The molecule has 2 fully saturated rings. The molecular weight excluding hydrogens is 528 g/mol. The standard InChI is InChI=1S/C31H41ClN4O4/c1-22-17-23(5-6-26(22)32)18-27(38)25-8-13-36(14-9-25)31(21-37)10-15-35(16-11-31)20-24-7-12-33-28(19-24)34-29(39)40-30(2,3)4/h5-7,12,17,19,21,25H,8-11,13-16,18,20H2,1-4H3,(H,33,34,39). The number of Topliss-reactive ketones (excluding diaryl/α,β-unsaturated/α-hetero) is 1. The van der Waals surface area contributed by atoms with Crippen LogP contribution in [0.15, 0.2) is 36.5 Å². The van der Waals surface area contributed by atoms with Crippen molar-refractivity contribution in [2.24, 2.45) is 5.92 Å². The molecule has 0 aliphatic carbocycles. The van der Waals surface area contributed by atoms with Crippen LogP contribution in [-0.2, 0) is 27.3 Å². The number of aryl methyl sites for hydroxylation is 1. The second-order valence-electron chi connectivity index (χ2n) is 12.2. The molecule has 2 aromatic rings. The number of nitrogens with one attached hydrogen (secondary N) is 1. The normalized spacial score (nSPS) is 18.7. The van der Waals surface area contributed by atoms with Crippen molar-refractivity contribution in [2.75, 3.05) is 31.5 Å². The third-order valence-electron chi connectivity index (χ3n) is 7.98. The monoisotopic (exact) mass is 568 g/mol. The van der Waals surface area contributed by atoms with Gasteiger partial charge in [-0.15, -0.1) is 0 Å². The van der Waals surface area contributed by atoms with Crippen LogP contribution >= 0.6 is 11.6 Å². The van der Waals surface area contributed by atoms with Crippen LogP contribution in [0.4, 0.5) is 10.6 Å². The van der Waals surface area contributed by atoms with E-state index in [0.717, 1.165) is 79.9 Å². The lowest BCUT2D eigenvalue weighted by Crippen LogP contribution is -2.58. The first-order valence-corrected chi connectivity index (χ1v) is 14.5. The number of likely N-dealkylation sites (tertiary alicyclic amines) is 2. The highest BCUT2D eigenvalue weighted by Crippen LogP contribution is 2.33. The molecule has 8 nitrogen and oxygen atoms in total. The first-order valence-electron chi connectivity index (χ1n) is 14.1. The van der Waals surface area contributed by atoms with Gasteiger partial charge in [0.2, 0.25) is 0 Å². The predicted molar refractivity (Wildman–Crippen MR) is 157 cm³/mol. The summed E-state index contributed by atoms with van der Waals surface area (Å²) < 4.78 is 5.32. The number of pyridine rings is 1. The van der Waals surface area contributed by atoms with E-state index in [1.54, 1.807) is 6.20 Å². The van der Waals surface area contributed by atoms with E-state index in [1.165, 1.54) is 0 Å². The van der Waals surface area contributed by atoms with Crippen molar-refractivity contribution in [1.82, 2.24) is 14.8 Å². The zero-order valence-corrected chi connectivity index (χ0v) is 24.8. The highest BCUT2D eigenvalue weighted by Gasteiger charge is 2.41. The van der Waals surface area contributed by atoms with E-state index in [9.17, 15) is 14.4 Å². The minimum atomic E-state index is -0.581. The van der Waals surface area contributed by atoms with Crippen molar-refractivity contribution in [1.29, 1.82) is 0 Å². The molecule has 0 unspecified atom stereocenters. The van der Waals surface area contributed by atoms with Crippen molar-refractivity contribution < 1.29 is 19.1 Å². The molecule has 9 heteroatoms. The average molecular weight is 569 g/mol. The topological polar surface area (TPSA) is 91.8 Å². The van der Waals surface area contributed by atoms with Gasteiger partial charge in [-0.1, -0.05) is 23.7 Å². The van der Waals surface area contributed by atoms with Gasteiger partial charge >= 0.3 is 6.09 Å². The maximum atomic E-state index is 13.0. The van der Waals surface area contributed by atoms with Gasteiger partial charge in [0.05, 0.1) is 5.54 Å². The van der Waals surface area contributed by atoms with E-state index in [2.05, 4.69) is 20.1 Å². The van der Waals surface area contributed by atoms with Gasteiger partial charge < -0.3 is 9.53 Å². The molecule has 0 radical (unpaired) electrons. The van der Waals surface area contributed by atoms with Crippen molar-refractivity contribution in [3.63, 3.8) is 0 Å². The Morgan fingerprint density at radius 3 is 2.42 bits per heavy atom. The summed E-state index contributed by atoms with van der Waals surface area (Å²) in [5.41, 5.74) is 1.98. The lowest BCUT2D eigenvalue weighted by molar-refractivity contribution is -0.127. The number of hydrogen-bond donors (Lipinski definition) is 1. The number of amides is 1. The number of hydrogen-bond acceptors (Lipinski definition) is 7. The van der Waals surface area contributed by atoms with Gasteiger partial charge in [0.25, 0.3) is 0 Å². The summed E-state index contributed by atoms with van der Waals surface area (Å²) in [5.74, 6) is 0.759. The van der Waals surface area contributed by atoms with E-state index in [-0.39, 0.29) is 11.7 Å². The number of piperidine rings is 2. The number of carbonyl (C=O) groups is 3. The molecular formula is C31H41ClN4O4. The fourth-order valence-corrected chi connectivity index (χ4v) is 5.84. The Labute approximate surface area is 242 Å². The molecule has 2 aliphatic rings. The highest BCUT2D eigenvalue weighted by atomic mass is 35.5. The quantitative estimate of drug-likeness (QED) is 0.423. The molecule has 1 aromatic heterocycles. The molecule has 216 valence electrons. The maximum Gasteiger partial charge on any atom is 0.413 e. The van der Waals surface area contributed by atoms with Crippen LogP contribution in [0.1, 0.15) is 63.1 Å². The molecule has 3 heterocycles. The van der Waals surface area contributed by atoms with Gasteiger partial charge in [-0.2, -0.15) is 0 Å². The Kier molecular flexibility index (Phi) is 9.64. The Morgan fingerprint density at radius 1 is 1.10 bits per heavy atom. The molecule has 0 saturated carbocycles. The van der Waals surface area contributed by atoms with E-state index in [1.807, 2.05) is 58.0 Å². The van der Waals surface area contributed by atoms with Crippen molar-refractivity contribution in [3.8, 4) is 0 Å². The van der Waals surface area contributed by atoms with Crippen LogP contribution in [0.3, 0.4) is 0 Å². The van der Waals surface area contributed by atoms with Gasteiger partial charge in [0.1, 0.15) is 23.5 Å². The van der Waals surface area contributed by atoms with Gasteiger partial charge in [-0.3, -0.25) is 19.9 Å². The number of ketones is 1. The van der Waals surface area contributed by atoms with E-state index in [4.69, 9.17) is 16.3 Å². The lowest BCUT2D eigenvalue weighted by atomic mass is 9.82. The third kappa shape index (κ3) is 7.89. The molecule has 0 atom stereocenters. The van der Waals surface area contributed by atoms with Gasteiger partial charge in [-0.05, 0) is 101 Å². The number of aldehydes is 1. The molecule has 1 N–H and O–H groups in total. The van der Waals surface area contributed by atoms with E-state index >= 15 is 0 Å². The van der Waals surface area contributed by atoms with Gasteiger partial charge in [-0.25, -0.2) is 9.78 Å². The third-order valence-corrected chi connectivity index (χ3v) is 8.41. The summed E-state index contributed by atoms with van der Waals surface area (Å²) in [7, 11) is 0. The zero-order chi connectivity index (χ0) is 28.9. The molecule has 4 rings (SSSR count). The second kappa shape index (κ2) is 12.8. The molecule has 1 aromatic carbocycles. The van der Waals surface area contributed by atoms with Gasteiger partial charge in [0, 0.05) is 43.2 Å². The summed E-state index contributed by atoms with van der Waals surface area (Å²) >= 11 is 6.13. The van der Waals surface area contributed by atoms with Crippen LogP contribution < -0.4 is 5.32 Å². The maximum absolute atomic E-state index is 13.0. The molecule has 1 amide bonds. The fourth-order valence-electron chi connectivity index (χ4n) is 5.72. The number of ether oxygens (including phenoxy) is 1. The van der Waals surface area contributed by atoms with E-state index in [0.29, 0.717) is 18.8 Å². The van der Waals surface area contributed by atoms with Crippen molar-refractivity contribution >= 4 is 35.6 Å². The Balaban J connectivity index is 1.27. The number of anilines is 1. The second-order valence-corrected chi connectivity index (χ2v) is 12.6. The summed E-state index contributed by atoms with van der Waals surface area (Å²) in [6.45, 7) is 11.2. The Bertz CT molecular complexity index is 1210. The van der Waals surface area contributed by atoms with Crippen molar-refractivity contribution in [2.45, 2.75) is 77.5 Å². The largest absolute Gasteiger partial charge is 0.444 e. The van der Waals surface area contributed by atoms with Crippen LogP contribution in [0.5, 0.6) is 0 Å². The highest BCUT2D eigenvalue weighted by molar-refractivity contribution is 6.31. The predicted octanol–water partition coefficient (Wildman–Crippen LogP) is 5.45. The Morgan fingerprint density at radius 2 is 1.80 bits per heavy atom. The molecule has 0 bridgehead atoms. The van der Waals surface area contributed by atoms with Crippen LogP contribution in [0.25, 0.3) is 0 Å². The number of rotatable bonds is 8. The summed E-state index contributed by atoms with van der Waals surface area (Å²) in [5, 5.41) is 3.42. The summed E-state index contributed by atoms with van der Waals surface area (Å²) in [6, 6.07) is 9.58. The summed E-state index contributed by atoms with van der Waals surface area (Å²) in [6.07, 6.45) is 5.81. The first-order chi connectivity index (χ1) is 19.0. The van der Waals surface area contributed by atoms with E-state index < -0.39 is 17.2 Å². The first kappa shape index (κ1) is 30.2. The molecule has 40 heavy (non-hydrogen) atoms. The zero-order valence-electron chi connectivity index (χ0n) is 24.0. The minimum absolute atomic E-state index is 0.0335. The number of nitrogens with zero attached hydrogens (tertiary/aromatic N) is 3. The lowest BCUT2D eigenvalue weighted by Gasteiger charge is -2.48. The SMILES string of the molecule is Cc1cc(CC(=O)C2CCN(C3(C=O)CCN(Cc4ccnc(NC(=O)OC(C)(C)C)c4)CC3)CC2)ccc1Cl. The van der Waals surface area contributed by atoms with Crippen LogP contribution in [0.2, 0.25) is 5.02 Å². The Hall–Kier alpha value is -2.81. The molecule has 0 spiro atoms. The fraction of sp³-hybridized carbons (Fsp3) is 0.548. The minimum Gasteiger partial charge on any atom is -0.444 e. The number of benzene rings is 1. The average Bonchev–Trinajstić information content (AvgIpc) is 2.90. The van der Waals surface area contributed by atoms with Crippen molar-refractivity contribution in [3.05, 3.63) is 58.2 Å². The molecule has 2 aliphatic heterocycles. The van der Waals surface area contributed by atoms with Gasteiger partial charge in [0.15, 0.2) is 0 Å². The number of carbonyl (C=O) groups excluding carboxylic acids is 3. The van der Waals surface area contributed by atoms with Crippen LogP contribution in [0, 0.1) is 12.8 Å².